The number of piperidine rings is 2. The van der Waals surface area contributed by atoms with E-state index in [1.807, 2.05) is 19.1 Å². The molecule has 4 aliphatic heterocycles. The lowest BCUT2D eigenvalue weighted by Gasteiger charge is -2.56. The summed E-state index contributed by atoms with van der Waals surface area (Å²) < 4.78 is 20.9. The van der Waals surface area contributed by atoms with Gasteiger partial charge in [-0.15, -0.1) is 5.92 Å². The molecule has 9 aliphatic rings. The van der Waals surface area contributed by atoms with Crippen molar-refractivity contribution in [1.29, 1.82) is 0 Å². The lowest BCUT2D eigenvalue weighted by atomic mass is 9.51. The van der Waals surface area contributed by atoms with E-state index in [4.69, 9.17) is 14.2 Å². The maximum Gasteiger partial charge on any atom is 0.332 e. The molecule has 2 saturated carbocycles. The van der Waals surface area contributed by atoms with Crippen molar-refractivity contribution in [3.63, 3.8) is 0 Å². The second-order valence-corrected chi connectivity index (χ2v) is 30.2. The van der Waals surface area contributed by atoms with Crippen LogP contribution in [0, 0.1) is 63.6 Å². The molecule has 2 aromatic carbocycles. The molecule has 5 fully saturated rings. The van der Waals surface area contributed by atoms with Crippen LogP contribution in [0.2, 0.25) is 0 Å². The number of fused-ring (bicyclic) bond motifs is 5. The van der Waals surface area contributed by atoms with Gasteiger partial charge in [0.1, 0.15) is 23.5 Å². The van der Waals surface area contributed by atoms with E-state index in [2.05, 4.69) is 52.9 Å². The van der Waals surface area contributed by atoms with Gasteiger partial charge in [-0.3, -0.25) is 9.59 Å². The van der Waals surface area contributed by atoms with E-state index < -0.39 is 52.7 Å². The standard InChI is InChI=1S/C67H93N3O11S2/c1-42-10-9-24-64(34-42,35-44-14-17-48(73)18-15-44)39-69-53-38-82-83-41-63(3,78)36-46-12-8-11-45-32-51-52(65(40-71)25-6-7-26-65)37-79-61-55(75)22-20-50(59(51)61)60(45)66(28-30-68-31-29-66)57(33-56(80-43(2)72)49(46)19-21-54(53)74)81-62(77)67-27-5-4-13-47(67)16-23-58(76)70-67/h9,14-15,17-18,20,22,24,42,45-47,49,51-54,56-57,60,68-69,71,73-75,78H,4-7,10,12-13,16,19,21,23,25-41H2,1-3H3,(H,70,76). The molecular weight excluding hydrogens is 1090 g/mol. The zero-order chi connectivity index (χ0) is 58.2. The SMILES string of the molecule is CC(=O)OC1CC(OC(=O)C23CCCCC2CCC(=O)N3)C2(CCNCC2)C2c3ccc(O)c4c3C(CC2C#CCC2CC(C)(O)CSSCC(NCC3(Cc5ccc(O)cc5)C=CCC(C)C3)C(O)CCC21)C(C1(CO)CCCC1)CO4. The molecule has 1 spiro atoms. The van der Waals surface area contributed by atoms with Gasteiger partial charge in [0.25, 0.3) is 0 Å². The van der Waals surface area contributed by atoms with Crippen LogP contribution in [0.1, 0.15) is 178 Å². The monoisotopic (exact) mass is 1180 g/mol. The number of hydrogen-bond donors (Lipinski definition) is 8. The highest BCUT2D eigenvalue weighted by Gasteiger charge is 2.61. The number of rotatable bonds is 10. The lowest BCUT2D eigenvalue weighted by molar-refractivity contribution is -0.183. The molecule has 11 rings (SSSR count). The van der Waals surface area contributed by atoms with Crippen molar-refractivity contribution in [2.45, 2.75) is 203 Å². The maximum atomic E-state index is 15.9. The Balaban J connectivity index is 1.01. The summed E-state index contributed by atoms with van der Waals surface area (Å²) in [6.45, 7) is 7.93. The highest BCUT2D eigenvalue weighted by Crippen LogP contribution is 2.65. The van der Waals surface area contributed by atoms with Gasteiger partial charge >= 0.3 is 11.9 Å². The van der Waals surface area contributed by atoms with Gasteiger partial charge in [-0.1, -0.05) is 90.5 Å². The predicted molar refractivity (Wildman–Crippen MR) is 324 cm³/mol. The van der Waals surface area contributed by atoms with Gasteiger partial charge in [0.15, 0.2) is 11.5 Å². The van der Waals surface area contributed by atoms with Crippen molar-refractivity contribution in [2.75, 3.05) is 44.4 Å². The Labute approximate surface area is 500 Å². The summed E-state index contributed by atoms with van der Waals surface area (Å²) in [7, 11) is 3.27. The fourth-order valence-corrected chi connectivity index (χ4v) is 20.9. The van der Waals surface area contributed by atoms with Gasteiger partial charge in [-0.05, 0) is 163 Å². The summed E-state index contributed by atoms with van der Waals surface area (Å²) in [5, 5.41) is 69.3. The number of allylic oxidation sites excluding steroid dienone is 1. The summed E-state index contributed by atoms with van der Waals surface area (Å²) in [4.78, 5) is 43.4. The number of esters is 2. The molecule has 2 aromatic rings. The second kappa shape index (κ2) is 25.4. The topological polar surface area (TPSA) is 216 Å². The summed E-state index contributed by atoms with van der Waals surface area (Å²) in [5.41, 5.74) is -0.616. The van der Waals surface area contributed by atoms with Gasteiger partial charge in [-0.25, -0.2) is 4.79 Å². The van der Waals surface area contributed by atoms with Crippen LogP contribution >= 0.6 is 21.6 Å². The van der Waals surface area contributed by atoms with Crippen molar-refractivity contribution >= 4 is 39.4 Å². The Morgan fingerprint density at radius 2 is 1.71 bits per heavy atom. The third kappa shape index (κ3) is 12.6. The fraction of sp³-hybridized carbons (Fsp3) is 0.716. The van der Waals surface area contributed by atoms with Crippen molar-refractivity contribution in [1.82, 2.24) is 16.0 Å². The lowest BCUT2D eigenvalue weighted by Crippen LogP contribution is -2.65. The van der Waals surface area contributed by atoms with Crippen LogP contribution in [0.15, 0.2) is 48.6 Å². The number of benzene rings is 2. The van der Waals surface area contributed by atoms with E-state index >= 15 is 4.79 Å². The Morgan fingerprint density at radius 1 is 0.928 bits per heavy atom. The van der Waals surface area contributed by atoms with E-state index in [1.165, 1.54) is 6.92 Å². The number of carbonyl (C=O) groups excluding carboxylic acids is 3. The van der Waals surface area contributed by atoms with Gasteiger partial charge in [0, 0.05) is 102 Å². The summed E-state index contributed by atoms with van der Waals surface area (Å²) in [6, 6.07) is 11.0. The molecule has 454 valence electrons. The first-order valence-electron chi connectivity index (χ1n) is 31.8. The normalized spacial score (nSPS) is 37.8. The van der Waals surface area contributed by atoms with E-state index in [-0.39, 0.29) is 82.8 Å². The molecule has 14 nitrogen and oxygen atoms in total. The summed E-state index contributed by atoms with van der Waals surface area (Å²) in [6.07, 6.45) is 16.3. The number of ether oxygens (including phenoxy) is 3. The van der Waals surface area contributed by atoms with Crippen molar-refractivity contribution < 1.29 is 54.1 Å². The number of carbonyl (C=O) groups is 3. The van der Waals surface area contributed by atoms with Crippen LogP contribution < -0.4 is 20.7 Å². The van der Waals surface area contributed by atoms with Crippen molar-refractivity contribution in [3.05, 3.63) is 65.2 Å². The Bertz CT molecular complexity index is 2730. The number of hydrogen-bond acceptors (Lipinski definition) is 15. The highest BCUT2D eigenvalue weighted by atomic mass is 33.1. The molecule has 5 aliphatic carbocycles. The van der Waals surface area contributed by atoms with Crippen LogP contribution in [-0.4, -0.2) is 123 Å². The van der Waals surface area contributed by atoms with Crippen LogP contribution in [-0.2, 0) is 30.3 Å². The molecule has 0 aromatic heterocycles. The third-order valence-electron chi connectivity index (χ3n) is 22.1. The smallest absolute Gasteiger partial charge is 0.332 e. The second-order valence-electron chi connectivity index (χ2n) is 27.7. The number of aromatic hydroxyl groups is 2. The highest BCUT2D eigenvalue weighted by molar-refractivity contribution is 8.76. The van der Waals surface area contributed by atoms with Crippen LogP contribution in [0.3, 0.4) is 0 Å². The molecule has 3 saturated heterocycles. The van der Waals surface area contributed by atoms with Crippen LogP contribution in [0.25, 0.3) is 0 Å². The van der Waals surface area contributed by atoms with Crippen molar-refractivity contribution in [2.24, 2.45) is 51.8 Å². The molecule has 16 heteroatoms. The van der Waals surface area contributed by atoms with Crippen LogP contribution in [0.4, 0.5) is 0 Å². The predicted octanol–water partition coefficient (Wildman–Crippen LogP) is 9.78. The minimum atomic E-state index is -1.20. The van der Waals surface area contributed by atoms with Gasteiger partial charge in [-0.2, -0.15) is 0 Å². The Kier molecular flexibility index (Phi) is 18.6. The number of aliphatic hydroxyl groups excluding tert-OH is 2. The Hall–Kier alpha value is -3.95. The van der Waals surface area contributed by atoms with E-state index in [0.29, 0.717) is 114 Å². The summed E-state index contributed by atoms with van der Waals surface area (Å²) in [5.74, 6) is 7.47. The largest absolute Gasteiger partial charge is 0.508 e. The first-order valence-corrected chi connectivity index (χ1v) is 34.3. The number of aliphatic hydroxyl groups is 3. The Morgan fingerprint density at radius 3 is 2.47 bits per heavy atom. The quantitative estimate of drug-likeness (QED) is 0.0481. The van der Waals surface area contributed by atoms with Gasteiger partial charge in [0.2, 0.25) is 5.91 Å². The van der Waals surface area contributed by atoms with Gasteiger partial charge < -0.3 is 55.7 Å². The zero-order valence-electron chi connectivity index (χ0n) is 49.3. The van der Waals surface area contributed by atoms with E-state index in [0.717, 1.165) is 80.9 Å². The van der Waals surface area contributed by atoms with Gasteiger partial charge in [0.05, 0.1) is 18.3 Å². The average molecular weight is 1180 g/mol. The zero-order valence-corrected chi connectivity index (χ0v) is 51.0. The molecule has 15 atom stereocenters. The summed E-state index contributed by atoms with van der Waals surface area (Å²) >= 11 is 0. The minimum Gasteiger partial charge on any atom is -0.508 e. The molecule has 8 N–H and O–H groups in total. The minimum absolute atomic E-state index is 0.0226. The van der Waals surface area contributed by atoms with Crippen LogP contribution in [0.5, 0.6) is 17.2 Å². The third-order valence-corrected chi connectivity index (χ3v) is 24.8. The molecular formula is C67H93N3O11S2. The first kappa shape index (κ1) is 60.7. The molecule has 1 amide bonds. The molecule has 0 bridgehead atoms. The average Bonchev–Trinajstić information content (AvgIpc) is 2.03. The number of phenols is 2. The first-order chi connectivity index (χ1) is 39.9. The molecule has 0 radical (unpaired) electrons. The maximum absolute atomic E-state index is 15.9. The molecule has 4 heterocycles. The molecule has 15 unspecified atom stereocenters. The number of nitrogens with one attached hydrogen (secondary N) is 3. The fourth-order valence-electron chi connectivity index (χ4n) is 18.1. The number of amides is 1. The van der Waals surface area contributed by atoms with E-state index in [1.54, 1.807) is 39.8 Å². The molecule has 83 heavy (non-hydrogen) atoms. The van der Waals surface area contributed by atoms with E-state index in [9.17, 15) is 35.1 Å². The number of phenolic OH excluding ortho intramolecular Hbond substituents is 2. The van der Waals surface area contributed by atoms with Crippen molar-refractivity contribution in [3.8, 4) is 29.1 Å².